The molecule has 114 valence electrons. The summed E-state index contributed by atoms with van der Waals surface area (Å²) >= 11 is 0. The Morgan fingerprint density at radius 1 is 1.40 bits per heavy atom. The van der Waals surface area contributed by atoms with Gasteiger partial charge >= 0.3 is 5.97 Å². The van der Waals surface area contributed by atoms with Gasteiger partial charge < -0.3 is 14.7 Å². The number of carbonyl (C=O) groups is 2. The lowest BCUT2D eigenvalue weighted by Crippen LogP contribution is -2.58. The van der Waals surface area contributed by atoms with Crippen LogP contribution in [0.25, 0.3) is 0 Å². The van der Waals surface area contributed by atoms with Gasteiger partial charge in [0.15, 0.2) is 0 Å². The summed E-state index contributed by atoms with van der Waals surface area (Å²) in [5, 5.41) is 9.56. The Bertz CT molecular complexity index is 361. The molecule has 1 rings (SSSR count). The second-order valence-corrected chi connectivity index (χ2v) is 5.39. The molecule has 20 heavy (non-hydrogen) atoms. The number of nitrogens with zero attached hydrogens (tertiary/aromatic N) is 1. The van der Waals surface area contributed by atoms with Gasteiger partial charge in [0.05, 0.1) is 6.61 Å². The number of rotatable bonds is 7. The molecule has 0 saturated heterocycles. The van der Waals surface area contributed by atoms with Crippen molar-refractivity contribution in [1.29, 1.82) is 0 Å². The Labute approximate surface area is 120 Å². The zero-order valence-electron chi connectivity index (χ0n) is 12.4. The highest BCUT2D eigenvalue weighted by Gasteiger charge is 2.46. The molecule has 5 nitrogen and oxygen atoms in total. The molecule has 1 unspecified atom stereocenters. The Morgan fingerprint density at radius 3 is 2.50 bits per heavy atom. The van der Waals surface area contributed by atoms with Crippen LogP contribution >= 0.6 is 0 Å². The third-order valence-electron chi connectivity index (χ3n) is 4.09. The first-order valence-electron chi connectivity index (χ1n) is 7.19. The molecule has 0 heterocycles. The highest BCUT2D eigenvalue weighted by molar-refractivity contribution is 5.89. The van der Waals surface area contributed by atoms with Crippen LogP contribution in [0.1, 0.15) is 45.4 Å². The monoisotopic (exact) mass is 283 g/mol. The van der Waals surface area contributed by atoms with E-state index in [0.29, 0.717) is 25.9 Å². The highest BCUT2D eigenvalue weighted by Crippen LogP contribution is 2.33. The summed E-state index contributed by atoms with van der Waals surface area (Å²) in [4.78, 5) is 25.4. The molecule has 1 aliphatic carbocycles. The lowest BCUT2D eigenvalue weighted by atomic mass is 9.80. The van der Waals surface area contributed by atoms with E-state index in [0.717, 1.165) is 19.3 Å². The zero-order chi connectivity index (χ0) is 15.2. The van der Waals surface area contributed by atoms with Crippen molar-refractivity contribution in [3.63, 3.8) is 0 Å². The molecule has 1 fully saturated rings. The van der Waals surface area contributed by atoms with E-state index in [1.807, 2.05) is 0 Å². The van der Waals surface area contributed by atoms with E-state index in [9.17, 15) is 14.7 Å². The van der Waals surface area contributed by atoms with Gasteiger partial charge in [-0.05, 0) is 26.2 Å². The third kappa shape index (κ3) is 3.60. The van der Waals surface area contributed by atoms with Crippen LogP contribution in [0.3, 0.4) is 0 Å². The number of hydrogen-bond acceptors (Lipinski definition) is 3. The molecule has 0 aromatic heterocycles. The van der Waals surface area contributed by atoms with E-state index in [1.165, 1.54) is 4.90 Å². The predicted molar refractivity (Wildman–Crippen MR) is 76.4 cm³/mol. The number of carboxylic acid groups (broad SMARTS) is 1. The van der Waals surface area contributed by atoms with Crippen molar-refractivity contribution in [3.8, 4) is 0 Å². The van der Waals surface area contributed by atoms with E-state index in [-0.39, 0.29) is 5.91 Å². The molecule has 0 radical (unpaired) electrons. The maximum absolute atomic E-state index is 12.4. The van der Waals surface area contributed by atoms with Gasteiger partial charge in [0.2, 0.25) is 0 Å². The Hall–Kier alpha value is -1.36. The molecule has 5 heteroatoms. The largest absolute Gasteiger partial charge is 0.479 e. The van der Waals surface area contributed by atoms with Gasteiger partial charge in [-0.1, -0.05) is 25.3 Å². The second-order valence-electron chi connectivity index (χ2n) is 5.39. The van der Waals surface area contributed by atoms with Gasteiger partial charge in [0.1, 0.15) is 11.6 Å². The number of hydrogen-bond donors (Lipinski definition) is 1. The Morgan fingerprint density at radius 2 is 2.00 bits per heavy atom. The summed E-state index contributed by atoms with van der Waals surface area (Å²) in [6.07, 6.45) is 5.52. The van der Waals surface area contributed by atoms with Gasteiger partial charge in [-0.2, -0.15) is 0 Å². The summed E-state index contributed by atoms with van der Waals surface area (Å²) in [5.74, 6) is -1.18. The van der Waals surface area contributed by atoms with Gasteiger partial charge in [-0.15, -0.1) is 6.58 Å². The summed E-state index contributed by atoms with van der Waals surface area (Å²) in [7, 11) is 1.58. The van der Waals surface area contributed by atoms with E-state index in [1.54, 1.807) is 20.0 Å². The van der Waals surface area contributed by atoms with Crippen molar-refractivity contribution in [1.82, 2.24) is 4.90 Å². The minimum atomic E-state index is -1.06. The Kier molecular flexibility index (Phi) is 6.20. The van der Waals surface area contributed by atoms with Gasteiger partial charge in [0.25, 0.3) is 5.91 Å². The van der Waals surface area contributed by atoms with E-state index >= 15 is 0 Å². The maximum Gasteiger partial charge on any atom is 0.329 e. The molecule has 0 bridgehead atoms. The van der Waals surface area contributed by atoms with Crippen molar-refractivity contribution in [2.45, 2.75) is 57.1 Å². The number of amides is 1. The van der Waals surface area contributed by atoms with Crippen LogP contribution in [0, 0.1) is 0 Å². The van der Waals surface area contributed by atoms with Crippen LogP contribution < -0.4 is 0 Å². The molecular formula is C15H25NO4. The first-order valence-corrected chi connectivity index (χ1v) is 7.19. The van der Waals surface area contributed by atoms with E-state index in [2.05, 4.69) is 6.58 Å². The SMILES string of the molecule is C=CCCOC(C)C(=O)N(C)C1(C(=O)O)CCCCC1. The summed E-state index contributed by atoms with van der Waals surface area (Å²) in [6, 6.07) is 0. The first-order chi connectivity index (χ1) is 9.45. The second kappa shape index (κ2) is 7.43. The van der Waals surface area contributed by atoms with Crippen LogP contribution in [0.5, 0.6) is 0 Å². The van der Waals surface area contributed by atoms with Gasteiger partial charge in [-0.3, -0.25) is 4.79 Å². The number of likely N-dealkylation sites (N-methyl/N-ethyl adjacent to an activating group) is 1. The van der Waals surface area contributed by atoms with Crippen molar-refractivity contribution in [2.24, 2.45) is 0 Å². The average Bonchev–Trinajstić information content (AvgIpc) is 2.46. The maximum atomic E-state index is 12.4. The Balaban J connectivity index is 2.73. The number of carboxylic acids is 1. The van der Waals surface area contributed by atoms with Crippen molar-refractivity contribution in [3.05, 3.63) is 12.7 Å². The topological polar surface area (TPSA) is 66.8 Å². The normalized spacial score (nSPS) is 19.1. The number of ether oxygens (including phenoxy) is 1. The molecule has 0 spiro atoms. The molecule has 0 aromatic carbocycles. The minimum absolute atomic E-state index is 0.265. The molecule has 0 aliphatic heterocycles. The molecule has 1 N–H and O–H groups in total. The van der Waals surface area contributed by atoms with Crippen molar-refractivity contribution < 1.29 is 19.4 Å². The van der Waals surface area contributed by atoms with E-state index in [4.69, 9.17) is 4.74 Å². The molecule has 1 saturated carbocycles. The van der Waals surface area contributed by atoms with Crippen LogP contribution in [-0.2, 0) is 14.3 Å². The van der Waals surface area contributed by atoms with Crippen LogP contribution in [0.15, 0.2) is 12.7 Å². The average molecular weight is 283 g/mol. The molecule has 1 amide bonds. The summed E-state index contributed by atoms with van der Waals surface area (Å²) < 4.78 is 5.43. The fourth-order valence-electron chi connectivity index (χ4n) is 2.71. The van der Waals surface area contributed by atoms with Crippen molar-refractivity contribution >= 4 is 11.9 Å². The van der Waals surface area contributed by atoms with Crippen LogP contribution in [0.2, 0.25) is 0 Å². The molecule has 0 aromatic rings. The standard InChI is InChI=1S/C15H25NO4/c1-4-5-11-20-12(2)13(17)16(3)15(14(18)19)9-7-6-8-10-15/h4,12H,1,5-11H2,2-3H3,(H,18,19). The van der Waals surface area contributed by atoms with Gasteiger partial charge in [-0.25, -0.2) is 4.79 Å². The lowest BCUT2D eigenvalue weighted by molar-refractivity contribution is -0.164. The molecular weight excluding hydrogens is 258 g/mol. The smallest absolute Gasteiger partial charge is 0.329 e. The zero-order valence-corrected chi connectivity index (χ0v) is 12.4. The lowest BCUT2D eigenvalue weighted by Gasteiger charge is -2.41. The highest BCUT2D eigenvalue weighted by atomic mass is 16.5. The third-order valence-corrected chi connectivity index (χ3v) is 4.09. The first kappa shape index (κ1) is 16.7. The fraction of sp³-hybridized carbons (Fsp3) is 0.733. The predicted octanol–water partition coefficient (Wildman–Crippen LogP) is 2.21. The summed E-state index contributed by atoms with van der Waals surface area (Å²) in [6.45, 7) is 5.68. The fourth-order valence-corrected chi connectivity index (χ4v) is 2.71. The van der Waals surface area contributed by atoms with Crippen LogP contribution in [0.4, 0.5) is 0 Å². The number of aliphatic carboxylic acids is 1. The molecule has 1 aliphatic rings. The quantitative estimate of drug-likeness (QED) is 0.574. The van der Waals surface area contributed by atoms with Crippen molar-refractivity contribution in [2.75, 3.05) is 13.7 Å². The van der Waals surface area contributed by atoms with Gasteiger partial charge in [0, 0.05) is 7.05 Å². The number of carbonyl (C=O) groups excluding carboxylic acids is 1. The van der Waals surface area contributed by atoms with E-state index < -0.39 is 17.6 Å². The summed E-state index contributed by atoms with van der Waals surface area (Å²) in [5.41, 5.74) is -1.06. The van der Waals surface area contributed by atoms with Crippen LogP contribution in [-0.4, -0.2) is 47.2 Å². The minimum Gasteiger partial charge on any atom is -0.479 e. The molecule has 1 atom stereocenters.